The van der Waals surface area contributed by atoms with E-state index in [1.807, 2.05) is 14.2 Å². The predicted molar refractivity (Wildman–Crippen MR) is 57.0 cm³/mol. The zero-order chi connectivity index (χ0) is 10.3. The van der Waals surface area contributed by atoms with Crippen LogP contribution in [-0.4, -0.2) is 22.8 Å². The zero-order valence-electron chi connectivity index (χ0n) is 9.68. The quantitative estimate of drug-likeness (QED) is 0.653. The van der Waals surface area contributed by atoms with Gasteiger partial charge in [0.25, 0.3) is 0 Å². The summed E-state index contributed by atoms with van der Waals surface area (Å²) in [6.45, 7) is 9.05. The van der Waals surface area contributed by atoms with Gasteiger partial charge in [0, 0.05) is 19.3 Å². The fourth-order valence-corrected chi connectivity index (χ4v) is 7.38. The first-order valence-electron chi connectivity index (χ1n) is 5.05. The fourth-order valence-electron chi connectivity index (χ4n) is 2.74. The molecule has 0 bridgehead atoms. The molecule has 0 aromatic rings. The Bertz CT molecular complexity index is 189. The smallest absolute Gasteiger partial charge is 0.346 e. The molecule has 0 radical (unpaired) electrons. The van der Waals surface area contributed by atoms with Gasteiger partial charge < -0.3 is 8.85 Å². The molecule has 3 heteroatoms. The van der Waals surface area contributed by atoms with Gasteiger partial charge in [-0.2, -0.15) is 0 Å². The Morgan fingerprint density at radius 2 is 1.69 bits per heavy atom. The lowest BCUT2D eigenvalue weighted by atomic mass is 10.4. The lowest BCUT2D eigenvalue weighted by molar-refractivity contribution is 0.214. The first-order chi connectivity index (χ1) is 5.94. The van der Waals surface area contributed by atoms with Crippen molar-refractivity contribution in [3.63, 3.8) is 0 Å². The molecule has 2 atom stereocenters. The van der Waals surface area contributed by atoms with Crippen LogP contribution in [0.2, 0.25) is 10.6 Å². The van der Waals surface area contributed by atoms with Crippen molar-refractivity contribution in [3.8, 4) is 0 Å². The summed E-state index contributed by atoms with van der Waals surface area (Å²) in [7, 11) is 1.65. The van der Waals surface area contributed by atoms with Gasteiger partial charge >= 0.3 is 8.56 Å². The molecule has 0 N–H and O–H groups in total. The van der Waals surface area contributed by atoms with Crippen LogP contribution in [0.15, 0.2) is 0 Å². The SMILES string of the molecule is CO[Si](OC)(C(C)C)C1(C)CC1C. The summed E-state index contributed by atoms with van der Waals surface area (Å²) >= 11 is 0. The van der Waals surface area contributed by atoms with Crippen molar-refractivity contribution in [3.05, 3.63) is 0 Å². The third-order valence-corrected chi connectivity index (χ3v) is 8.84. The normalized spacial score (nSPS) is 33.9. The van der Waals surface area contributed by atoms with Gasteiger partial charge in [-0.3, -0.25) is 0 Å². The van der Waals surface area contributed by atoms with Crippen molar-refractivity contribution in [2.75, 3.05) is 14.2 Å². The minimum Gasteiger partial charge on any atom is -0.397 e. The van der Waals surface area contributed by atoms with E-state index in [9.17, 15) is 0 Å². The standard InChI is InChI=1S/C10H22O2Si/c1-8(2)13(11-5,12-6)10(4)7-9(10)3/h8-9H,7H2,1-6H3. The van der Waals surface area contributed by atoms with Gasteiger partial charge in [0.05, 0.1) is 0 Å². The summed E-state index contributed by atoms with van der Waals surface area (Å²) in [5, 5.41) is 0.338. The summed E-state index contributed by atoms with van der Waals surface area (Å²) in [4.78, 5) is 0. The second-order valence-electron chi connectivity index (χ2n) is 4.75. The molecule has 0 saturated heterocycles. The van der Waals surface area contributed by atoms with Crippen LogP contribution < -0.4 is 0 Å². The summed E-state index contributed by atoms with van der Waals surface area (Å²) in [5.74, 6) is 0.765. The topological polar surface area (TPSA) is 18.5 Å². The minimum absolute atomic E-state index is 0.338. The largest absolute Gasteiger partial charge is 0.397 e. The van der Waals surface area contributed by atoms with E-state index in [1.54, 1.807) is 0 Å². The molecule has 1 fully saturated rings. The third-order valence-electron chi connectivity index (χ3n) is 3.82. The number of hydrogen-bond acceptors (Lipinski definition) is 2. The van der Waals surface area contributed by atoms with Gasteiger partial charge in [-0.05, 0) is 17.9 Å². The van der Waals surface area contributed by atoms with Crippen molar-refractivity contribution >= 4 is 8.56 Å². The summed E-state index contributed by atoms with van der Waals surface area (Å²) < 4.78 is 11.5. The van der Waals surface area contributed by atoms with Gasteiger partial charge in [-0.25, -0.2) is 0 Å². The van der Waals surface area contributed by atoms with E-state index in [4.69, 9.17) is 8.85 Å². The van der Waals surface area contributed by atoms with Crippen LogP contribution in [0.4, 0.5) is 0 Å². The van der Waals surface area contributed by atoms with Crippen molar-refractivity contribution < 1.29 is 8.85 Å². The maximum atomic E-state index is 5.76. The van der Waals surface area contributed by atoms with Gasteiger partial charge in [0.15, 0.2) is 0 Å². The molecule has 78 valence electrons. The van der Waals surface area contributed by atoms with Crippen molar-refractivity contribution in [1.29, 1.82) is 0 Å². The summed E-state index contributed by atoms with van der Waals surface area (Å²) in [6.07, 6.45) is 1.26. The first-order valence-corrected chi connectivity index (χ1v) is 6.94. The molecule has 0 heterocycles. The Morgan fingerprint density at radius 1 is 1.31 bits per heavy atom. The van der Waals surface area contributed by atoms with Gasteiger partial charge in [-0.15, -0.1) is 0 Å². The van der Waals surface area contributed by atoms with E-state index >= 15 is 0 Å². The van der Waals surface area contributed by atoms with E-state index in [1.165, 1.54) is 6.42 Å². The highest BCUT2D eigenvalue weighted by Gasteiger charge is 2.67. The van der Waals surface area contributed by atoms with Crippen LogP contribution in [0, 0.1) is 5.92 Å². The van der Waals surface area contributed by atoms with Crippen LogP contribution in [0.25, 0.3) is 0 Å². The lowest BCUT2D eigenvalue weighted by Crippen LogP contribution is -2.49. The van der Waals surface area contributed by atoms with E-state index in [2.05, 4.69) is 27.7 Å². The maximum Gasteiger partial charge on any atom is 0.346 e. The Hall–Kier alpha value is 0.137. The minimum atomic E-state index is -1.97. The van der Waals surface area contributed by atoms with Gasteiger partial charge in [0.2, 0.25) is 0 Å². The van der Waals surface area contributed by atoms with E-state index in [0.717, 1.165) is 5.92 Å². The van der Waals surface area contributed by atoms with Gasteiger partial charge in [-0.1, -0.05) is 27.7 Å². The van der Waals surface area contributed by atoms with Crippen LogP contribution in [0.1, 0.15) is 34.1 Å². The van der Waals surface area contributed by atoms with E-state index in [0.29, 0.717) is 10.6 Å². The van der Waals surface area contributed by atoms with E-state index in [-0.39, 0.29) is 0 Å². The van der Waals surface area contributed by atoms with Gasteiger partial charge in [0.1, 0.15) is 0 Å². The molecular formula is C10H22O2Si. The Kier molecular flexibility index (Phi) is 2.91. The van der Waals surface area contributed by atoms with Crippen molar-refractivity contribution in [1.82, 2.24) is 0 Å². The molecule has 1 aliphatic carbocycles. The highest BCUT2D eigenvalue weighted by Crippen LogP contribution is 2.67. The Balaban J connectivity index is 2.90. The molecule has 2 unspecified atom stereocenters. The highest BCUT2D eigenvalue weighted by molar-refractivity contribution is 6.73. The molecule has 0 amide bonds. The molecule has 2 nitrogen and oxygen atoms in total. The number of hydrogen-bond donors (Lipinski definition) is 0. The third kappa shape index (κ3) is 1.37. The Labute approximate surface area is 82.9 Å². The van der Waals surface area contributed by atoms with Crippen LogP contribution >= 0.6 is 0 Å². The first kappa shape index (κ1) is 11.2. The van der Waals surface area contributed by atoms with Crippen LogP contribution in [-0.2, 0) is 8.85 Å². The fraction of sp³-hybridized carbons (Fsp3) is 1.00. The zero-order valence-corrected chi connectivity index (χ0v) is 10.7. The summed E-state index contributed by atoms with van der Waals surface area (Å²) in [5.41, 5.74) is 0.525. The monoisotopic (exact) mass is 202 g/mol. The molecule has 1 rings (SSSR count). The molecule has 0 aliphatic heterocycles. The molecule has 1 saturated carbocycles. The molecule has 0 aromatic heterocycles. The Morgan fingerprint density at radius 3 is 1.77 bits per heavy atom. The molecule has 0 aromatic carbocycles. The predicted octanol–water partition coefficient (Wildman–Crippen LogP) is 2.93. The highest BCUT2D eigenvalue weighted by atomic mass is 28.4. The van der Waals surface area contributed by atoms with Crippen LogP contribution in [0.3, 0.4) is 0 Å². The van der Waals surface area contributed by atoms with Crippen molar-refractivity contribution in [2.24, 2.45) is 5.92 Å². The maximum absolute atomic E-state index is 5.76. The lowest BCUT2D eigenvalue weighted by Gasteiger charge is -2.37. The average molecular weight is 202 g/mol. The average Bonchev–Trinajstić information content (AvgIpc) is 2.63. The van der Waals surface area contributed by atoms with E-state index < -0.39 is 8.56 Å². The summed E-state index contributed by atoms with van der Waals surface area (Å²) in [6, 6.07) is 0. The van der Waals surface area contributed by atoms with Crippen molar-refractivity contribution in [2.45, 2.75) is 44.7 Å². The molecule has 0 spiro atoms. The number of rotatable bonds is 4. The molecular weight excluding hydrogens is 180 g/mol. The molecule has 1 aliphatic rings. The second-order valence-corrected chi connectivity index (χ2v) is 9.20. The second kappa shape index (κ2) is 3.37. The molecule has 13 heavy (non-hydrogen) atoms. The van der Waals surface area contributed by atoms with Crippen LogP contribution in [0.5, 0.6) is 0 Å².